The molecule has 0 aliphatic carbocycles. The third-order valence-corrected chi connectivity index (χ3v) is 0.957. The van der Waals surface area contributed by atoms with E-state index in [2.05, 4.69) is 27.7 Å². The van der Waals surface area contributed by atoms with Gasteiger partial charge in [0, 0.05) is 32.7 Å². The molecule has 0 bridgehead atoms. The molecule has 0 saturated carbocycles. The second-order valence-corrected chi connectivity index (χ2v) is 2.52. The van der Waals surface area contributed by atoms with Gasteiger partial charge >= 0.3 is 0 Å². The van der Waals surface area contributed by atoms with Crippen molar-refractivity contribution in [1.29, 1.82) is 0 Å². The van der Waals surface area contributed by atoms with E-state index >= 15 is 0 Å². The van der Waals surface area contributed by atoms with E-state index in [1.165, 1.54) is 0 Å². The maximum Gasteiger partial charge on any atom is 0 e. The molecule has 1 radical (unpaired) electrons. The Morgan fingerprint density at radius 2 is 1.08 bits per heavy atom. The van der Waals surface area contributed by atoms with Crippen LogP contribution in [0, 0.1) is 19.8 Å². The Kier molecular flexibility index (Phi) is 97.6. The average molecular weight is 253 g/mol. The van der Waals surface area contributed by atoms with Crippen LogP contribution in [0.1, 0.15) is 56.9 Å². The molecule has 0 aromatic heterocycles. The number of hydrogen-bond donors (Lipinski definition) is 0. The van der Waals surface area contributed by atoms with Crippen LogP contribution >= 0.6 is 0 Å². The van der Waals surface area contributed by atoms with Gasteiger partial charge in [0.15, 0.2) is 0 Å². The normalized spacial score (nSPS) is 6.00. The van der Waals surface area contributed by atoms with Crippen molar-refractivity contribution < 1.29 is 32.7 Å². The van der Waals surface area contributed by atoms with Crippen LogP contribution in [0.15, 0.2) is 0 Å². The fourth-order valence-electron chi connectivity index (χ4n) is 0. The van der Waals surface area contributed by atoms with Gasteiger partial charge in [0.1, 0.15) is 0 Å². The largest absolute Gasteiger partial charge is 0.358 e. The first-order valence-corrected chi connectivity index (χ1v) is 2.41. The summed E-state index contributed by atoms with van der Waals surface area (Å²) in [5.74, 6) is 0. The predicted molar refractivity (Wildman–Crippen MR) is 62.8 cm³/mol. The smallest absolute Gasteiger partial charge is 0 e. The maximum absolute atomic E-state index is 3.89. The fourth-order valence-corrected chi connectivity index (χ4v) is 0. The van der Waals surface area contributed by atoms with Gasteiger partial charge in [-0.3, -0.25) is 0 Å². The molecule has 0 aliphatic rings. The molecule has 0 heterocycles. The number of rotatable bonds is 1. The molecule has 0 spiro atoms. The standard InChI is InChI=1S/C6H13.4CH4.CH3.Y/c1-5-6(2,3)4;;;;;;/h2,5H2,1,3-4H3;4*1H4;1H3;/q-1;;;;;-1;. The van der Waals surface area contributed by atoms with Gasteiger partial charge in [0.2, 0.25) is 0 Å². The molecule has 0 atom stereocenters. The van der Waals surface area contributed by atoms with Crippen molar-refractivity contribution in [2.24, 2.45) is 5.41 Å². The fraction of sp³-hybridized carbons (Fsp3) is 0.818. The minimum atomic E-state index is 0. The summed E-state index contributed by atoms with van der Waals surface area (Å²) in [5.41, 5.74) is 0.292. The minimum absolute atomic E-state index is 0. The van der Waals surface area contributed by atoms with E-state index in [-0.39, 0.29) is 69.8 Å². The molecule has 0 aliphatic heterocycles. The van der Waals surface area contributed by atoms with E-state index in [0.717, 1.165) is 6.42 Å². The van der Waals surface area contributed by atoms with Crippen LogP contribution < -0.4 is 0 Å². The Balaban J connectivity index is -0.00000000833. The molecule has 0 fully saturated rings. The van der Waals surface area contributed by atoms with Crippen molar-refractivity contribution in [3.63, 3.8) is 0 Å². The van der Waals surface area contributed by atoms with Crippen LogP contribution in [0.3, 0.4) is 0 Å². The summed E-state index contributed by atoms with van der Waals surface area (Å²) < 4.78 is 0. The molecule has 0 nitrogen and oxygen atoms in total. The van der Waals surface area contributed by atoms with Gasteiger partial charge in [-0.1, -0.05) is 56.9 Å². The SMILES string of the molecule is C.C.C.C.[CH2-]C(C)(C)CC.[CH3-].[Y]. The van der Waals surface area contributed by atoms with Gasteiger partial charge in [-0.05, 0) is 0 Å². The zero-order valence-electron chi connectivity index (χ0n) is 6.49. The van der Waals surface area contributed by atoms with Crippen LogP contribution in [0.25, 0.3) is 0 Å². The van der Waals surface area contributed by atoms with Gasteiger partial charge in [-0.15, -0.1) is 0 Å². The molecule has 0 aromatic rings. The summed E-state index contributed by atoms with van der Waals surface area (Å²) in [6.07, 6.45) is 1.16. The van der Waals surface area contributed by atoms with Gasteiger partial charge < -0.3 is 14.4 Å². The van der Waals surface area contributed by atoms with Crippen molar-refractivity contribution in [2.75, 3.05) is 0 Å². The maximum atomic E-state index is 3.89. The van der Waals surface area contributed by atoms with E-state index in [9.17, 15) is 0 Å². The number of hydrogen-bond acceptors (Lipinski definition) is 0. The summed E-state index contributed by atoms with van der Waals surface area (Å²) in [7, 11) is 0. The van der Waals surface area contributed by atoms with E-state index in [0.29, 0.717) is 5.41 Å². The summed E-state index contributed by atoms with van der Waals surface area (Å²) in [5, 5.41) is 0. The summed E-state index contributed by atoms with van der Waals surface area (Å²) in [6, 6.07) is 0. The van der Waals surface area contributed by atoms with Crippen molar-refractivity contribution in [3.05, 3.63) is 14.4 Å². The average Bonchev–Trinajstić information content (AvgIpc) is 1.35. The Labute approximate surface area is 109 Å². The second kappa shape index (κ2) is 22.7. The van der Waals surface area contributed by atoms with Gasteiger partial charge in [-0.2, -0.15) is 5.41 Å². The quantitative estimate of drug-likeness (QED) is 0.560. The molecule has 1 heteroatoms. The summed E-state index contributed by atoms with van der Waals surface area (Å²) >= 11 is 0. The topological polar surface area (TPSA) is 0 Å². The van der Waals surface area contributed by atoms with Crippen molar-refractivity contribution in [3.8, 4) is 0 Å². The third-order valence-electron chi connectivity index (χ3n) is 0.957. The molecule has 0 amide bonds. The molecule has 0 unspecified atom stereocenters. The van der Waals surface area contributed by atoms with Gasteiger partial charge in [-0.25, -0.2) is 0 Å². The molecule has 0 saturated heterocycles. The zero-order valence-corrected chi connectivity index (χ0v) is 9.33. The Morgan fingerprint density at radius 1 is 1.00 bits per heavy atom. The van der Waals surface area contributed by atoms with Crippen molar-refractivity contribution in [2.45, 2.75) is 56.9 Å². The van der Waals surface area contributed by atoms with E-state index in [1.54, 1.807) is 0 Å². The molecule has 0 rings (SSSR count). The second-order valence-electron chi connectivity index (χ2n) is 2.52. The first kappa shape index (κ1) is 51.5. The first-order valence-electron chi connectivity index (χ1n) is 2.41. The zero-order chi connectivity index (χ0) is 5.21. The van der Waals surface area contributed by atoms with E-state index in [1.807, 2.05) is 0 Å². The van der Waals surface area contributed by atoms with Gasteiger partial charge in [0.05, 0.1) is 0 Å². The van der Waals surface area contributed by atoms with Crippen LogP contribution in [0.5, 0.6) is 0 Å². The summed E-state index contributed by atoms with van der Waals surface area (Å²) in [4.78, 5) is 0. The monoisotopic (exact) mass is 253 g/mol. The van der Waals surface area contributed by atoms with Crippen LogP contribution in [0.4, 0.5) is 0 Å². The molecular weight excluding hydrogens is 221 g/mol. The van der Waals surface area contributed by atoms with E-state index in [4.69, 9.17) is 0 Å². The first-order chi connectivity index (χ1) is 2.56. The van der Waals surface area contributed by atoms with Crippen LogP contribution in [-0.4, -0.2) is 0 Å². The van der Waals surface area contributed by atoms with E-state index < -0.39 is 0 Å². The van der Waals surface area contributed by atoms with Crippen LogP contribution in [0.2, 0.25) is 0 Å². The molecule has 81 valence electrons. The predicted octanol–water partition coefficient (Wildman–Crippen LogP) is 5.25. The van der Waals surface area contributed by atoms with Crippen LogP contribution in [-0.2, 0) is 32.7 Å². The van der Waals surface area contributed by atoms with Crippen molar-refractivity contribution >= 4 is 0 Å². The minimum Gasteiger partial charge on any atom is -0.358 e. The molecular formula is C11H32Y-2. The molecule has 0 aromatic carbocycles. The molecule has 0 N–H and O–H groups in total. The van der Waals surface area contributed by atoms with Gasteiger partial charge in [0.25, 0.3) is 0 Å². The molecule has 12 heavy (non-hydrogen) atoms. The Morgan fingerprint density at radius 3 is 1.08 bits per heavy atom. The third kappa shape index (κ3) is 67.3. The Bertz CT molecular complexity index is 34.8. The van der Waals surface area contributed by atoms with Crippen molar-refractivity contribution in [1.82, 2.24) is 0 Å². The summed E-state index contributed by atoms with van der Waals surface area (Å²) in [6.45, 7) is 10.3. The Hall–Kier alpha value is 1.10.